The second-order valence-corrected chi connectivity index (χ2v) is 6.03. The van der Waals surface area contributed by atoms with Gasteiger partial charge in [-0.3, -0.25) is 9.58 Å². The molecule has 1 N–H and O–H groups in total. The molecule has 1 aliphatic carbocycles. The summed E-state index contributed by atoms with van der Waals surface area (Å²) < 4.78 is 2.03. The van der Waals surface area contributed by atoms with Gasteiger partial charge in [0.2, 0.25) is 0 Å². The van der Waals surface area contributed by atoms with Crippen LogP contribution in [0.2, 0.25) is 0 Å². The van der Waals surface area contributed by atoms with Crippen molar-refractivity contribution >= 4 is 0 Å². The van der Waals surface area contributed by atoms with Crippen molar-refractivity contribution in [3.63, 3.8) is 0 Å². The highest BCUT2D eigenvalue weighted by Gasteiger charge is 2.34. The van der Waals surface area contributed by atoms with Gasteiger partial charge in [0.15, 0.2) is 0 Å². The number of aromatic nitrogens is 2. The third-order valence-corrected chi connectivity index (χ3v) is 4.57. The van der Waals surface area contributed by atoms with E-state index in [-0.39, 0.29) is 0 Å². The number of nitrogens with zero attached hydrogens (tertiary/aromatic N) is 3. The van der Waals surface area contributed by atoms with Gasteiger partial charge in [-0.1, -0.05) is 0 Å². The van der Waals surface area contributed by atoms with Gasteiger partial charge >= 0.3 is 0 Å². The van der Waals surface area contributed by atoms with Gasteiger partial charge in [-0.25, -0.2) is 0 Å². The van der Waals surface area contributed by atoms with Crippen molar-refractivity contribution in [1.29, 1.82) is 0 Å². The monoisotopic (exact) mass is 262 g/mol. The average molecular weight is 262 g/mol. The summed E-state index contributed by atoms with van der Waals surface area (Å²) in [5, 5.41) is 8.05. The highest BCUT2D eigenvalue weighted by atomic mass is 15.3. The zero-order valence-corrected chi connectivity index (χ0v) is 12.2. The number of aryl methyl sites for hydroxylation is 1. The quantitative estimate of drug-likeness (QED) is 0.853. The fourth-order valence-corrected chi connectivity index (χ4v) is 3.16. The van der Waals surface area contributed by atoms with E-state index in [9.17, 15) is 0 Å². The van der Waals surface area contributed by atoms with Crippen LogP contribution in [0.4, 0.5) is 0 Å². The lowest BCUT2D eigenvalue weighted by atomic mass is 10.1. The summed E-state index contributed by atoms with van der Waals surface area (Å²) in [6.07, 6.45) is 9.68. The number of hydrogen-bond acceptors (Lipinski definition) is 3. The lowest BCUT2D eigenvalue weighted by molar-refractivity contribution is 0.182. The molecule has 106 valence electrons. The third-order valence-electron chi connectivity index (χ3n) is 4.57. The molecule has 2 atom stereocenters. The second-order valence-electron chi connectivity index (χ2n) is 6.03. The van der Waals surface area contributed by atoms with Crippen molar-refractivity contribution in [2.75, 3.05) is 13.1 Å². The van der Waals surface area contributed by atoms with Gasteiger partial charge in [0.1, 0.15) is 0 Å². The normalized spacial score (nSPS) is 25.1. The van der Waals surface area contributed by atoms with Crippen molar-refractivity contribution in [2.45, 2.75) is 64.2 Å². The van der Waals surface area contributed by atoms with Gasteiger partial charge in [0, 0.05) is 43.0 Å². The molecule has 1 aromatic rings. The van der Waals surface area contributed by atoms with E-state index in [2.05, 4.69) is 35.4 Å². The Balaban J connectivity index is 1.67. The zero-order chi connectivity index (χ0) is 13.2. The molecule has 0 spiro atoms. The van der Waals surface area contributed by atoms with Gasteiger partial charge in [-0.2, -0.15) is 5.10 Å². The van der Waals surface area contributed by atoms with E-state index in [0.717, 1.165) is 12.6 Å². The SMILES string of the molecule is CCn1cc(C(C)N(CC2CCCN2)C2CC2)cn1. The van der Waals surface area contributed by atoms with Crippen molar-refractivity contribution in [2.24, 2.45) is 0 Å². The molecule has 2 fully saturated rings. The molecule has 1 saturated carbocycles. The van der Waals surface area contributed by atoms with Crippen LogP contribution in [0.15, 0.2) is 12.4 Å². The van der Waals surface area contributed by atoms with Crippen LogP contribution in [0, 0.1) is 0 Å². The topological polar surface area (TPSA) is 33.1 Å². The average Bonchev–Trinajstić information content (AvgIpc) is 2.95. The van der Waals surface area contributed by atoms with Gasteiger partial charge < -0.3 is 5.32 Å². The van der Waals surface area contributed by atoms with E-state index < -0.39 is 0 Å². The summed E-state index contributed by atoms with van der Waals surface area (Å²) in [5.74, 6) is 0. The van der Waals surface area contributed by atoms with Gasteiger partial charge in [-0.15, -0.1) is 0 Å². The van der Waals surface area contributed by atoms with E-state index >= 15 is 0 Å². The molecule has 4 nitrogen and oxygen atoms in total. The second kappa shape index (κ2) is 5.63. The van der Waals surface area contributed by atoms with Crippen LogP contribution in [0.25, 0.3) is 0 Å². The first-order valence-electron chi connectivity index (χ1n) is 7.79. The Morgan fingerprint density at radius 1 is 1.47 bits per heavy atom. The standard InChI is InChI=1S/C15H26N4/c1-3-18-10-13(9-17-18)12(2)19(15-6-7-15)11-14-5-4-8-16-14/h9-10,12,14-16H,3-8,11H2,1-2H3. The summed E-state index contributed by atoms with van der Waals surface area (Å²) >= 11 is 0. The molecule has 3 rings (SSSR count). The molecule has 0 radical (unpaired) electrons. The molecule has 1 aromatic heterocycles. The lowest BCUT2D eigenvalue weighted by Gasteiger charge is -2.31. The Hall–Kier alpha value is -0.870. The number of rotatable bonds is 6. The highest BCUT2D eigenvalue weighted by molar-refractivity contribution is 5.11. The first kappa shape index (κ1) is 13.1. The van der Waals surface area contributed by atoms with E-state index in [0.29, 0.717) is 12.1 Å². The molecular weight excluding hydrogens is 236 g/mol. The van der Waals surface area contributed by atoms with Crippen LogP contribution < -0.4 is 5.32 Å². The molecule has 2 unspecified atom stereocenters. The summed E-state index contributed by atoms with van der Waals surface area (Å²) in [5.41, 5.74) is 1.37. The molecule has 0 amide bonds. The fourth-order valence-electron chi connectivity index (χ4n) is 3.16. The molecule has 0 aromatic carbocycles. The Kier molecular flexibility index (Phi) is 3.89. The molecule has 2 heterocycles. The van der Waals surface area contributed by atoms with E-state index in [1.54, 1.807) is 0 Å². The molecule has 2 aliphatic rings. The first-order chi connectivity index (χ1) is 9.28. The first-order valence-corrected chi connectivity index (χ1v) is 7.79. The molecular formula is C15H26N4. The Morgan fingerprint density at radius 3 is 2.89 bits per heavy atom. The molecule has 1 aliphatic heterocycles. The predicted octanol–water partition coefficient (Wildman–Crippen LogP) is 2.18. The maximum absolute atomic E-state index is 4.42. The van der Waals surface area contributed by atoms with Crippen LogP contribution in [0.1, 0.15) is 51.1 Å². The van der Waals surface area contributed by atoms with Gasteiger partial charge in [0.25, 0.3) is 0 Å². The lowest BCUT2D eigenvalue weighted by Crippen LogP contribution is -2.40. The Labute approximate surface area is 116 Å². The number of nitrogens with one attached hydrogen (secondary N) is 1. The maximum atomic E-state index is 4.42. The van der Waals surface area contributed by atoms with Crippen LogP contribution in [-0.4, -0.2) is 39.9 Å². The summed E-state index contributed by atoms with van der Waals surface area (Å²) in [6.45, 7) is 7.83. The maximum Gasteiger partial charge on any atom is 0.0537 e. The van der Waals surface area contributed by atoms with Crippen LogP contribution in [-0.2, 0) is 6.54 Å². The summed E-state index contributed by atoms with van der Waals surface area (Å²) in [6, 6.07) is 2.00. The third kappa shape index (κ3) is 3.00. The van der Waals surface area contributed by atoms with Crippen molar-refractivity contribution < 1.29 is 0 Å². The predicted molar refractivity (Wildman–Crippen MR) is 77.1 cm³/mol. The van der Waals surface area contributed by atoms with Crippen molar-refractivity contribution in [1.82, 2.24) is 20.0 Å². The minimum Gasteiger partial charge on any atom is -0.313 e. The zero-order valence-electron chi connectivity index (χ0n) is 12.2. The van der Waals surface area contributed by atoms with E-state index in [1.165, 1.54) is 44.3 Å². The van der Waals surface area contributed by atoms with E-state index in [1.807, 2.05) is 10.9 Å². The Morgan fingerprint density at radius 2 is 2.32 bits per heavy atom. The minimum absolute atomic E-state index is 0.496. The smallest absolute Gasteiger partial charge is 0.0537 e. The molecule has 1 saturated heterocycles. The fraction of sp³-hybridized carbons (Fsp3) is 0.800. The van der Waals surface area contributed by atoms with Crippen molar-refractivity contribution in [3.05, 3.63) is 18.0 Å². The van der Waals surface area contributed by atoms with E-state index in [4.69, 9.17) is 0 Å². The largest absolute Gasteiger partial charge is 0.313 e. The van der Waals surface area contributed by atoms with Crippen LogP contribution in [0.5, 0.6) is 0 Å². The van der Waals surface area contributed by atoms with Gasteiger partial charge in [0.05, 0.1) is 6.20 Å². The molecule has 19 heavy (non-hydrogen) atoms. The van der Waals surface area contributed by atoms with Crippen molar-refractivity contribution in [3.8, 4) is 0 Å². The minimum atomic E-state index is 0.496. The summed E-state index contributed by atoms with van der Waals surface area (Å²) in [4.78, 5) is 2.69. The highest BCUT2D eigenvalue weighted by Crippen LogP contribution is 2.34. The molecule has 4 heteroatoms. The molecule has 0 bridgehead atoms. The Bertz CT molecular complexity index is 404. The van der Waals surface area contributed by atoms with Crippen LogP contribution >= 0.6 is 0 Å². The van der Waals surface area contributed by atoms with Crippen LogP contribution in [0.3, 0.4) is 0 Å². The van der Waals surface area contributed by atoms with Gasteiger partial charge in [-0.05, 0) is 46.1 Å². The summed E-state index contributed by atoms with van der Waals surface area (Å²) in [7, 11) is 0. The number of hydrogen-bond donors (Lipinski definition) is 1.